The monoisotopic (exact) mass is 461 g/mol. The topological polar surface area (TPSA) is 35.6 Å². The smallest absolute Gasteiger partial charge is 0.251 e. The fourth-order valence-corrected chi connectivity index (χ4v) is 4.56. The van der Waals surface area contributed by atoms with Crippen LogP contribution < -0.4 is 10.2 Å². The number of halogens is 1. The number of carbonyl (C=O) groups is 1. The molecule has 0 atom stereocenters. The van der Waals surface area contributed by atoms with Crippen LogP contribution in [-0.4, -0.2) is 50.1 Å². The van der Waals surface area contributed by atoms with Crippen molar-refractivity contribution in [3.05, 3.63) is 89.4 Å². The highest BCUT2D eigenvalue weighted by Crippen LogP contribution is 2.26. The van der Waals surface area contributed by atoms with Crippen molar-refractivity contribution < 1.29 is 4.79 Å². The summed E-state index contributed by atoms with van der Waals surface area (Å²) in [5.74, 6) is 0.00491. The third kappa shape index (κ3) is 6.59. The second-order valence-electron chi connectivity index (χ2n) is 8.54. The van der Waals surface area contributed by atoms with E-state index in [0.717, 1.165) is 80.4 Å². The van der Waals surface area contributed by atoms with Crippen molar-refractivity contribution in [3.63, 3.8) is 0 Å². The molecule has 33 heavy (non-hydrogen) atoms. The molecular weight excluding hydrogens is 430 g/mol. The fourth-order valence-electron chi connectivity index (χ4n) is 4.31. The summed E-state index contributed by atoms with van der Waals surface area (Å²) in [5.41, 5.74) is 4.14. The van der Waals surface area contributed by atoms with Gasteiger partial charge in [-0.2, -0.15) is 0 Å². The molecule has 1 N–H and O–H groups in total. The highest BCUT2D eigenvalue weighted by molar-refractivity contribution is 6.33. The highest BCUT2D eigenvalue weighted by atomic mass is 35.5. The number of nitrogens with zero attached hydrogens (tertiary/aromatic N) is 2. The van der Waals surface area contributed by atoms with Crippen LogP contribution in [-0.2, 0) is 0 Å². The van der Waals surface area contributed by atoms with Gasteiger partial charge in [0.1, 0.15) is 0 Å². The Morgan fingerprint density at radius 1 is 0.758 bits per heavy atom. The molecule has 4 nitrogen and oxygen atoms in total. The Bertz CT molecular complexity index is 1010. The van der Waals surface area contributed by atoms with E-state index in [4.69, 9.17) is 11.6 Å². The number of nitrogens with one attached hydrogen (secondary N) is 1. The van der Waals surface area contributed by atoms with E-state index < -0.39 is 0 Å². The van der Waals surface area contributed by atoms with Gasteiger partial charge in [0, 0.05) is 38.3 Å². The number of benzene rings is 3. The van der Waals surface area contributed by atoms with Crippen molar-refractivity contribution >= 4 is 23.2 Å². The van der Waals surface area contributed by atoms with Gasteiger partial charge >= 0.3 is 0 Å². The van der Waals surface area contributed by atoms with Crippen molar-refractivity contribution in [3.8, 4) is 11.1 Å². The summed E-state index contributed by atoms with van der Waals surface area (Å²) in [6.45, 7) is 6.01. The molecule has 1 aliphatic rings. The number of piperazine rings is 1. The molecule has 172 valence electrons. The van der Waals surface area contributed by atoms with Gasteiger partial charge in [0.15, 0.2) is 0 Å². The summed E-state index contributed by atoms with van der Waals surface area (Å²) in [6, 6.07) is 26.1. The molecule has 4 rings (SSSR count). The zero-order valence-corrected chi connectivity index (χ0v) is 19.8. The minimum Gasteiger partial charge on any atom is -0.368 e. The number of anilines is 1. The predicted octanol–water partition coefficient (Wildman–Crippen LogP) is 5.73. The lowest BCUT2D eigenvalue weighted by Gasteiger charge is -2.36. The van der Waals surface area contributed by atoms with Crippen molar-refractivity contribution in [1.82, 2.24) is 10.2 Å². The molecule has 1 heterocycles. The molecular formula is C28H32ClN3O. The zero-order chi connectivity index (χ0) is 22.9. The standard InChI is InChI=1S/C28H32ClN3O/c29-26-11-5-6-12-27(26)32-21-19-31(20-22-32)18-8-2-7-17-30-28(33)25-15-13-24(14-16-25)23-9-3-1-4-10-23/h1,3-6,9-16H,2,7-8,17-22H2,(H,30,33). The van der Waals surface area contributed by atoms with Crippen LogP contribution in [0.4, 0.5) is 5.69 Å². The molecule has 1 fully saturated rings. The van der Waals surface area contributed by atoms with Crippen LogP contribution >= 0.6 is 11.6 Å². The van der Waals surface area contributed by atoms with E-state index in [0.29, 0.717) is 5.56 Å². The summed E-state index contributed by atoms with van der Waals surface area (Å²) < 4.78 is 0. The molecule has 0 bridgehead atoms. The highest BCUT2D eigenvalue weighted by Gasteiger charge is 2.18. The molecule has 0 aliphatic carbocycles. The van der Waals surface area contributed by atoms with E-state index in [1.165, 1.54) is 0 Å². The van der Waals surface area contributed by atoms with Crippen molar-refractivity contribution in [2.45, 2.75) is 19.3 Å². The third-order valence-electron chi connectivity index (χ3n) is 6.26. The number of rotatable bonds is 9. The first-order valence-electron chi connectivity index (χ1n) is 11.9. The van der Waals surface area contributed by atoms with Crippen LogP contribution in [0.5, 0.6) is 0 Å². The van der Waals surface area contributed by atoms with Gasteiger partial charge in [0.05, 0.1) is 10.7 Å². The molecule has 1 saturated heterocycles. The first-order chi connectivity index (χ1) is 16.2. The SMILES string of the molecule is O=C(NCCCCCN1CCN(c2ccccc2Cl)CC1)c1ccc(-c2ccccc2)cc1. The zero-order valence-electron chi connectivity index (χ0n) is 19.1. The van der Waals surface area contributed by atoms with E-state index in [1.54, 1.807) is 0 Å². The van der Waals surface area contributed by atoms with E-state index in [1.807, 2.05) is 60.7 Å². The summed E-state index contributed by atoms with van der Waals surface area (Å²) in [4.78, 5) is 17.3. The molecule has 1 amide bonds. The van der Waals surface area contributed by atoms with E-state index >= 15 is 0 Å². The van der Waals surface area contributed by atoms with Gasteiger partial charge < -0.3 is 10.2 Å². The van der Waals surface area contributed by atoms with Crippen LogP contribution in [0.15, 0.2) is 78.9 Å². The summed E-state index contributed by atoms with van der Waals surface area (Å²) >= 11 is 6.33. The second kappa shape index (κ2) is 11.9. The fraction of sp³-hybridized carbons (Fsp3) is 0.321. The number of para-hydroxylation sites is 1. The second-order valence-corrected chi connectivity index (χ2v) is 8.95. The van der Waals surface area contributed by atoms with E-state index in [-0.39, 0.29) is 5.91 Å². The average Bonchev–Trinajstić information content (AvgIpc) is 2.87. The Morgan fingerprint density at radius 2 is 1.42 bits per heavy atom. The number of hydrogen-bond donors (Lipinski definition) is 1. The minimum absolute atomic E-state index is 0.00491. The molecule has 5 heteroatoms. The number of amides is 1. The molecule has 3 aromatic carbocycles. The van der Waals surface area contributed by atoms with E-state index in [2.05, 4.69) is 33.3 Å². The van der Waals surface area contributed by atoms with Gasteiger partial charge in [-0.05, 0) is 54.8 Å². The Morgan fingerprint density at radius 3 is 2.15 bits per heavy atom. The van der Waals surface area contributed by atoms with Gasteiger partial charge in [0.25, 0.3) is 5.91 Å². The summed E-state index contributed by atoms with van der Waals surface area (Å²) in [5, 5.41) is 3.89. The van der Waals surface area contributed by atoms with Gasteiger partial charge in [-0.25, -0.2) is 0 Å². The maximum atomic E-state index is 12.4. The molecule has 3 aromatic rings. The Balaban J connectivity index is 1.10. The van der Waals surface area contributed by atoms with Gasteiger partial charge in [-0.1, -0.05) is 72.6 Å². The quantitative estimate of drug-likeness (QED) is 0.413. The molecule has 0 saturated carbocycles. The molecule has 0 spiro atoms. The Hall–Kier alpha value is -2.82. The Kier molecular flexibility index (Phi) is 8.40. The summed E-state index contributed by atoms with van der Waals surface area (Å²) in [6.07, 6.45) is 3.29. The van der Waals surface area contributed by atoms with Crippen LogP contribution in [0.2, 0.25) is 5.02 Å². The van der Waals surface area contributed by atoms with Crippen LogP contribution in [0.1, 0.15) is 29.6 Å². The number of unbranched alkanes of at least 4 members (excludes halogenated alkanes) is 2. The molecule has 0 aromatic heterocycles. The van der Waals surface area contributed by atoms with Crippen LogP contribution in [0.25, 0.3) is 11.1 Å². The Labute approximate surface area is 202 Å². The lowest BCUT2D eigenvalue weighted by molar-refractivity contribution is 0.0953. The first kappa shape index (κ1) is 23.3. The molecule has 0 unspecified atom stereocenters. The van der Waals surface area contributed by atoms with Crippen molar-refractivity contribution in [2.75, 3.05) is 44.2 Å². The first-order valence-corrected chi connectivity index (χ1v) is 12.2. The van der Waals surface area contributed by atoms with Crippen molar-refractivity contribution in [1.29, 1.82) is 0 Å². The van der Waals surface area contributed by atoms with Gasteiger partial charge in [-0.15, -0.1) is 0 Å². The van der Waals surface area contributed by atoms with Crippen LogP contribution in [0, 0.1) is 0 Å². The van der Waals surface area contributed by atoms with Gasteiger partial charge in [-0.3, -0.25) is 9.69 Å². The van der Waals surface area contributed by atoms with Crippen LogP contribution in [0.3, 0.4) is 0 Å². The van der Waals surface area contributed by atoms with Gasteiger partial charge in [0.2, 0.25) is 0 Å². The van der Waals surface area contributed by atoms with Crippen molar-refractivity contribution in [2.24, 2.45) is 0 Å². The third-order valence-corrected chi connectivity index (χ3v) is 6.58. The number of hydrogen-bond acceptors (Lipinski definition) is 3. The maximum absolute atomic E-state index is 12.4. The molecule has 1 aliphatic heterocycles. The maximum Gasteiger partial charge on any atom is 0.251 e. The molecule has 0 radical (unpaired) electrons. The van der Waals surface area contributed by atoms with E-state index in [9.17, 15) is 4.79 Å². The summed E-state index contributed by atoms with van der Waals surface area (Å²) in [7, 11) is 0. The normalized spacial score (nSPS) is 14.3. The minimum atomic E-state index is 0.00491. The average molecular weight is 462 g/mol. The number of carbonyl (C=O) groups excluding carboxylic acids is 1. The lowest BCUT2D eigenvalue weighted by Crippen LogP contribution is -2.46. The predicted molar refractivity (Wildman–Crippen MR) is 138 cm³/mol. The largest absolute Gasteiger partial charge is 0.368 e. The lowest BCUT2D eigenvalue weighted by atomic mass is 10.0.